The van der Waals surface area contributed by atoms with Gasteiger partial charge in [-0.25, -0.2) is 14.3 Å². The van der Waals surface area contributed by atoms with Crippen LogP contribution in [-0.2, 0) is 25.9 Å². The second-order valence-electron chi connectivity index (χ2n) is 6.18. The zero-order chi connectivity index (χ0) is 16.4. The summed E-state index contributed by atoms with van der Waals surface area (Å²) in [6, 6.07) is 12.7. The standard InChI is InChI=1S/C18H22N6/c1-2-17-20-18-9-8-15(13-24(18)22-17)19-12-14-10-11-23(21-14)16-6-4-3-5-7-16/h3-7,10-11,15,19H,2,8-9,12-13H2,1H3/t15-/m0/s1. The van der Waals surface area contributed by atoms with Crippen molar-refractivity contribution in [2.45, 2.75) is 45.3 Å². The van der Waals surface area contributed by atoms with Gasteiger partial charge in [-0.3, -0.25) is 0 Å². The molecule has 1 aromatic carbocycles. The minimum absolute atomic E-state index is 0.422. The molecule has 4 rings (SSSR count). The molecule has 0 radical (unpaired) electrons. The number of hydrogen-bond acceptors (Lipinski definition) is 4. The molecule has 0 spiro atoms. The molecule has 0 saturated carbocycles. The molecular formula is C18H22N6. The van der Waals surface area contributed by atoms with E-state index in [2.05, 4.69) is 50.3 Å². The summed E-state index contributed by atoms with van der Waals surface area (Å²) in [6.07, 6.45) is 5.00. The maximum atomic E-state index is 4.65. The van der Waals surface area contributed by atoms with E-state index in [-0.39, 0.29) is 0 Å². The Hall–Kier alpha value is -2.47. The molecular weight excluding hydrogens is 300 g/mol. The van der Waals surface area contributed by atoms with E-state index >= 15 is 0 Å². The Balaban J connectivity index is 1.37. The van der Waals surface area contributed by atoms with E-state index in [0.717, 1.165) is 55.4 Å². The van der Waals surface area contributed by atoms with E-state index in [9.17, 15) is 0 Å². The Labute approximate surface area is 141 Å². The van der Waals surface area contributed by atoms with Gasteiger partial charge >= 0.3 is 0 Å². The average molecular weight is 322 g/mol. The highest BCUT2D eigenvalue weighted by Gasteiger charge is 2.21. The summed E-state index contributed by atoms with van der Waals surface area (Å²) in [7, 11) is 0. The summed E-state index contributed by atoms with van der Waals surface area (Å²) in [5.74, 6) is 2.07. The fourth-order valence-electron chi connectivity index (χ4n) is 3.11. The van der Waals surface area contributed by atoms with Gasteiger partial charge in [-0.1, -0.05) is 25.1 Å². The zero-order valence-electron chi connectivity index (χ0n) is 13.9. The van der Waals surface area contributed by atoms with E-state index < -0.39 is 0 Å². The molecule has 0 amide bonds. The molecule has 6 nitrogen and oxygen atoms in total. The molecule has 0 bridgehead atoms. The summed E-state index contributed by atoms with van der Waals surface area (Å²) < 4.78 is 3.98. The van der Waals surface area contributed by atoms with Gasteiger partial charge < -0.3 is 5.32 Å². The maximum absolute atomic E-state index is 4.65. The number of fused-ring (bicyclic) bond motifs is 1. The first-order chi connectivity index (χ1) is 11.8. The molecule has 1 aliphatic heterocycles. The third-order valence-electron chi connectivity index (χ3n) is 4.46. The van der Waals surface area contributed by atoms with E-state index in [1.807, 2.05) is 29.1 Å². The quantitative estimate of drug-likeness (QED) is 0.782. The molecule has 0 fully saturated rings. The summed E-state index contributed by atoms with van der Waals surface area (Å²) >= 11 is 0. The number of nitrogens with zero attached hydrogens (tertiary/aromatic N) is 5. The SMILES string of the molecule is CCc1nc2n(n1)C[C@@H](NCc1ccn(-c3ccccc3)n1)CC2. The number of para-hydroxylation sites is 1. The normalized spacial score (nSPS) is 17.0. The summed E-state index contributed by atoms with van der Waals surface area (Å²) in [4.78, 5) is 4.57. The van der Waals surface area contributed by atoms with Crippen LogP contribution in [0.1, 0.15) is 30.7 Å². The Morgan fingerprint density at radius 3 is 2.88 bits per heavy atom. The smallest absolute Gasteiger partial charge is 0.150 e. The fraction of sp³-hybridized carbons (Fsp3) is 0.389. The molecule has 6 heteroatoms. The largest absolute Gasteiger partial charge is 0.306 e. The highest BCUT2D eigenvalue weighted by Crippen LogP contribution is 2.14. The van der Waals surface area contributed by atoms with Crippen molar-refractivity contribution in [3.63, 3.8) is 0 Å². The predicted octanol–water partition coefficient (Wildman–Crippen LogP) is 2.13. The molecule has 1 atom stereocenters. The van der Waals surface area contributed by atoms with Gasteiger partial charge in [-0.2, -0.15) is 10.2 Å². The number of hydrogen-bond donors (Lipinski definition) is 1. The Bertz CT molecular complexity index is 804. The van der Waals surface area contributed by atoms with Crippen molar-refractivity contribution < 1.29 is 0 Å². The molecule has 1 aliphatic rings. The third-order valence-corrected chi connectivity index (χ3v) is 4.46. The van der Waals surface area contributed by atoms with Crippen molar-refractivity contribution in [1.29, 1.82) is 0 Å². The zero-order valence-corrected chi connectivity index (χ0v) is 13.9. The van der Waals surface area contributed by atoms with Crippen LogP contribution in [0.25, 0.3) is 5.69 Å². The van der Waals surface area contributed by atoms with Gasteiger partial charge in [0, 0.05) is 31.6 Å². The van der Waals surface area contributed by atoms with E-state index in [1.165, 1.54) is 0 Å². The lowest BCUT2D eigenvalue weighted by Crippen LogP contribution is -2.37. The summed E-state index contributed by atoms with van der Waals surface area (Å²) in [6.45, 7) is 3.76. The van der Waals surface area contributed by atoms with Gasteiger partial charge in [-0.05, 0) is 24.6 Å². The molecule has 3 heterocycles. The van der Waals surface area contributed by atoms with Crippen LogP contribution >= 0.6 is 0 Å². The van der Waals surface area contributed by atoms with Crippen LogP contribution in [0.5, 0.6) is 0 Å². The highest BCUT2D eigenvalue weighted by molar-refractivity contribution is 5.30. The molecule has 3 aromatic rings. The molecule has 2 aromatic heterocycles. The lowest BCUT2D eigenvalue weighted by Gasteiger charge is -2.23. The number of aromatic nitrogens is 5. The number of aryl methyl sites for hydroxylation is 2. The fourth-order valence-corrected chi connectivity index (χ4v) is 3.11. The average Bonchev–Trinajstić information content (AvgIpc) is 3.27. The molecule has 0 aliphatic carbocycles. The Morgan fingerprint density at radius 1 is 1.17 bits per heavy atom. The van der Waals surface area contributed by atoms with Gasteiger partial charge in [0.15, 0.2) is 5.82 Å². The topological polar surface area (TPSA) is 60.6 Å². The van der Waals surface area contributed by atoms with Crippen LogP contribution in [0.3, 0.4) is 0 Å². The van der Waals surface area contributed by atoms with Crippen LogP contribution in [0.15, 0.2) is 42.6 Å². The summed E-state index contributed by atoms with van der Waals surface area (Å²) in [5, 5.41) is 12.8. The minimum atomic E-state index is 0.422. The van der Waals surface area contributed by atoms with Crippen LogP contribution in [0, 0.1) is 0 Å². The third kappa shape index (κ3) is 3.10. The van der Waals surface area contributed by atoms with E-state index in [0.29, 0.717) is 6.04 Å². The molecule has 0 unspecified atom stereocenters. The van der Waals surface area contributed by atoms with Crippen molar-refractivity contribution in [2.24, 2.45) is 0 Å². The number of rotatable bonds is 5. The second kappa shape index (κ2) is 6.57. The van der Waals surface area contributed by atoms with Gasteiger partial charge in [0.25, 0.3) is 0 Å². The van der Waals surface area contributed by atoms with Crippen LogP contribution in [0.4, 0.5) is 0 Å². The van der Waals surface area contributed by atoms with Gasteiger partial charge in [0.2, 0.25) is 0 Å². The monoisotopic (exact) mass is 322 g/mol. The Morgan fingerprint density at radius 2 is 2.04 bits per heavy atom. The lowest BCUT2D eigenvalue weighted by atomic mass is 10.1. The second-order valence-corrected chi connectivity index (χ2v) is 6.18. The van der Waals surface area contributed by atoms with Crippen molar-refractivity contribution in [1.82, 2.24) is 29.9 Å². The Kier molecular flexibility index (Phi) is 4.13. The number of nitrogens with one attached hydrogen (secondary N) is 1. The lowest BCUT2D eigenvalue weighted by molar-refractivity contribution is 0.356. The first-order valence-electron chi connectivity index (χ1n) is 8.58. The van der Waals surface area contributed by atoms with Crippen molar-refractivity contribution in [3.05, 3.63) is 59.9 Å². The van der Waals surface area contributed by atoms with Gasteiger partial charge in [-0.15, -0.1) is 0 Å². The van der Waals surface area contributed by atoms with Crippen molar-refractivity contribution in [3.8, 4) is 5.69 Å². The maximum Gasteiger partial charge on any atom is 0.150 e. The van der Waals surface area contributed by atoms with E-state index in [4.69, 9.17) is 0 Å². The van der Waals surface area contributed by atoms with Gasteiger partial charge in [0.1, 0.15) is 5.82 Å². The molecule has 1 N–H and O–H groups in total. The number of benzene rings is 1. The first kappa shape index (κ1) is 15.1. The van der Waals surface area contributed by atoms with Crippen LogP contribution in [0.2, 0.25) is 0 Å². The van der Waals surface area contributed by atoms with Crippen molar-refractivity contribution in [2.75, 3.05) is 0 Å². The van der Waals surface area contributed by atoms with Crippen molar-refractivity contribution >= 4 is 0 Å². The van der Waals surface area contributed by atoms with Crippen LogP contribution < -0.4 is 5.32 Å². The first-order valence-corrected chi connectivity index (χ1v) is 8.58. The predicted molar refractivity (Wildman–Crippen MR) is 91.9 cm³/mol. The highest BCUT2D eigenvalue weighted by atomic mass is 15.4. The van der Waals surface area contributed by atoms with Gasteiger partial charge in [0.05, 0.1) is 17.9 Å². The summed E-state index contributed by atoms with van der Waals surface area (Å²) in [5.41, 5.74) is 2.14. The minimum Gasteiger partial charge on any atom is -0.306 e. The molecule has 124 valence electrons. The van der Waals surface area contributed by atoms with Crippen LogP contribution in [-0.4, -0.2) is 30.6 Å². The molecule has 24 heavy (non-hydrogen) atoms. The van der Waals surface area contributed by atoms with E-state index in [1.54, 1.807) is 0 Å². The molecule has 0 saturated heterocycles.